The molecular formula is C17H19N3O3. The standard InChI is InChI=1S/C17H19N3O3/c1-11-18-16(19-23-11)14-6-4-9-20(14)17(21)13-8-10-22-15-7-3-2-5-12(13)15/h2-3,5,7,13-14H,4,6,8-10H2,1H3/t13-,14-/m0/s1. The third kappa shape index (κ3) is 2.48. The molecule has 2 aliphatic heterocycles. The highest BCUT2D eigenvalue weighted by molar-refractivity contribution is 5.85. The van der Waals surface area contributed by atoms with Crippen LogP contribution in [0.1, 0.15) is 48.5 Å². The predicted octanol–water partition coefficient (Wildman–Crippen LogP) is 2.61. The zero-order valence-electron chi connectivity index (χ0n) is 13.1. The van der Waals surface area contributed by atoms with Gasteiger partial charge in [-0.15, -0.1) is 0 Å². The van der Waals surface area contributed by atoms with Gasteiger partial charge in [0.15, 0.2) is 5.82 Å². The van der Waals surface area contributed by atoms with Gasteiger partial charge in [0.25, 0.3) is 0 Å². The summed E-state index contributed by atoms with van der Waals surface area (Å²) in [6, 6.07) is 7.74. The molecule has 0 aliphatic carbocycles. The number of nitrogens with zero attached hydrogens (tertiary/aromatic N) is 3. The monoisotopic (exact) mass is 313 g/mol. The molecule has 0 unspecified atom stereocenters. The number of hydrogen-bond donors (Lipinski definition) is 0. The van der Waals surface area contributed by atoms with Crippen LogP contribution in [0.4, 0.5) is 0 Å². The Kier molecular flexibility index (Phi) is 3.52. The van der Waals surface area contributed by atoms with Crippen LogP contribution in [0.25, 0.3) is 0 Å². The molecule has 4 rings (SSSR count). The first-order valence-corrected chi connectivity index (χ1v) is 8.06. The van der Waals surface area contributed by atoms with Gasteiger partial charge in [-0.1, -0.05) is 23.4 Å². The molecule has 0 bridgehead atoms. The Labute approximate surface area is 134 Å². The van der Waals surface area contributed by atoms with Crippen molar-refractivity contribution in [1.29, 1.82) is 0 Å². The smallest absolute Gasteiger partial charge is 0.231 e. The zero-order chi connectivity index (χ0) is 15.8. The molecule has 1 fully saturated rings. The molecule has 23 heavy (non-hydrogen) atoms. The van der Waals surface area contributed by atoms with Crippen LogP contribution in [0.3, 0.4) is 0 Å². The lowest BCUT2D eigenvalue weighted by Crippen LogP contribution is -2.37. The summed E-state index contributed by atoms with van der Waals surface area (Å²) in [7, 11) is 0. The van der Waals surface area contributed by atoms with Crippen molar-refractivity contribution in [3.63, 3.8) is 0 Å². The first kappa shape index (κ1) is 14.2. The van der Waals surface area contributed by atoms with Crippen molar-refractivity contribution in [3.05, 3.63) is 41.5 Å². The van der Waals surface area contributed by atoms with Gasteiger partial charge in [0.1, 0.15) is 5.75 Å². The number of likely N-dealkylation sites (tertiary alicyclic amines) is 1. The van der Waals surface area contributed by atoms with Gasteiger partial charge in [-0.05, 0) is 25.3 Å². The second-order valence-electron chi connectivity index (χ2n) is 6.09. The Bertz CT molecular complexity index is 727. The van der Waals surface area contributed by atoms with E-state index in [1.807, 2.05) is 29.2 Å². The number of carbonyl (C=O) groups excluding carboxylic acids is 1. The molecular weight excluding hydrogens is 294 g/mol. The predicted molar refractivity (Wildman–Crippen MR) is 82.0 cm³/mol. The Balaban J connectivity index is 1.62. The largest absolute Gasteiger partial charge is 0.493 e. The van der Waals surface area contributed by atoms with Crippen molar-refractivity contribution in [2.75, 3.05) is 13.2 Å². The first-order valence-electron chi connectivity index (χ1n) is 8.06. The summed E-state index contributed by atoms with van der Waals surface area (Å²) in [6.07, 6.45) is 2.56. The average molecular weight is 313 g/mol. The lowest BCUT2D eigenvalue weighted by atomic mass is 9.91. The van der Waals surface area contributed by atoms with Crippen molar-refractivity contribution in [3.8, 4) is 5.75 Å². The Hall–Kier alpha value is -2.37. The summed E-state index contributed by atoms with van der Waals surface area (Å²) in [6.45, 7) is 3.09. The van der Waals surface area contributed by atoms with Crippen LogP contribution < -0.4 is 4.74 Å². The van der Waals surface area contributed by atoms with E-state index in [1.165, 1.54) is 0 Å². The summed E-state index contributed by atoms with van der Waals surface area (Å²) in [4.78, 5) is 19.4. The summed E-state index contributed by atoms with van der Waals surface area (Å²) < 4.78 is 10.8. The fourth-order valence-electron chi connectivity index (χ4n) is 3.55. The number of aromatic nitrogens is 2. The third-order valence-corrected chi connectivity index (χ3v) is 4.63. The van der Waals surface area contributed by atoms with Crippen molar-refractivity contribution in [2.24, 2.45) is 0 Å². The Morgan fingerprint density at radius 1 is 1.30 bits per heavy atom. The molecule has 0 radical (unpaired) electrons. The minimum absolute atomic E-state index is 0.0741. The van der Waals surface area contributed by atoms with Crippen molar-refractivity contribution in [2.45, 2.75) is 38.1 Å². The highest BCUT2D eigenvalue weighted by Crippen LogP contribution is 2.38. The first-order chi connectivity index (χ1) is 11.2. The quantitative estimate of drug-likeness (QED) is 0.852. The van der Waals surface area contributed by atoms with Crippen LogP contribution in [0.5, 0.6) is 5.75 Å². The van der Waals surface area contributed by atoms with Crippen LogP contribution in [-0.2, 0) is 4.79 Å². The molecule has 2 aliphatic rings. The summed E-state index contributed by atoms with van der Waals surface area (Å²) >= 11 is 0. The average Bonchev–Trinajstić information content (AvgIpc) is 3.22. The minimum Gasteiger partial charge on any atom is -0.493 e. The molecule has 120 valence electrons. The van der Waals surface area contributed by atoms with Crippen LogP contribution in [0.15, 0.2) is 28.8 Å². The van der Waals surface area contributed by atoms with Gasteiger partial charge in [0.2, 0.25) is 11.8 Å². The molecule has 0 spiro atoms. The van der Waals surface area contributed by atoms with Gasteiger partial charge in [-0.3, -0.25) is 4.79 Å². The minimum atomic E-state index is -0.145. The maximum atomic E-state index is 13.1. The molecule has 2 aromatic rings. The number of rotatable bonds is 2. The van der Waals surface area contributed by atoms with Gasteiger partial charge in [0, 0.05) is 19.0 Å². The van der Waals surface area contributed by atoms with E-state index in [0.29, 0.717) is 24.7 Å². The maximum Gasteiger partial charge on any atom is 0.231 e. The molecule has 1 aromatic carbocycles. The fourth-order valence-corrected chi connectivity index (χ4v) is 3.55. The van der Waals surface area contributed by atoms with E-state index in [1.54, 1.807) is 6.92 Å². The molecule has 6 nitrogen and oxygen atoms in total. The molecule has 0 saturated carbocycles. The zero-order valence-corrected chi connectivity index (χ0v) is 13.1. The molecule has 1 amide bonds. The van der Waals surface area contributed by atoms with Gasteiger partial charge in [-0.2, -0.15) is 4.98 Å². The number of aryl methyl sites for hydroxylation is 1. The molecule has 6 heteroatoms. The van der Waals surface area contributed by atoms with E-state index in [2.05, 4.69) is 10.1 Å². The number of carbonyl (C=O) groups is 1. The lowest BCUT2D eigenvalue weighted by Gasteiger charge is -2.30. The van der Waals surface area contributed by atoms with Gasteiger partial charge < -0.3 is 14.2 Å². The molecule has 1 saturated heterocycles. The van der Waals surface area contributed by atoms with Gasteiger partial charge in [-0.25, -0.2) is 0 Å². The van der Waals surface area contributed by atoms with Gasteiger partial charge >= 0.3 is 0 Å². The van der Waals surface area contributed by atoms with Gasteiger partial charge in [0.05, 0.1) is 18.6 Å². The van der Waals surface area contributed by atoms with Crippen LogP contribution in [0.2, 0.25) is 0 Å². The highest BCUT2D eigenvalue weighted by atomic mass is 16.5. The van der Waals surface area contributed by atoms with E-state index >= 15 is 0 Å². The van der Waals surface area contributed by atoms with Crippen molar-refractivity contribution < 1.29 is 14.1 Å². The number of amides is 1. The van der Waals surface area contributed by atoms with Crippen molar-refractivity contribution >= 4 is 5.91 Å². The van der Waals surface area contributed by atoms with E-state index < -0.39 is 0 Å². The van der Waals surface area contributed by atoms with Crippen molar-refractivity contribution in [1.82, 2.24) is 15.0 Å². The number of hydrogen-bond acceptors (Lipinski definition) is 5. The SMILES string of the molecule is Cc1nc([C@@H]2CCCN2C(=O)[C@H]2CCOc3ccccc32)no1. The second-order valence-corrected chi connectivity index (χ2v) is 6.09. The molecule has 0 N–H and O–H groups in total. The maximum absolute atomic E-state index is 13.1. The molecule has 1 aromatic heterocycles. The summed E-state index contributed by atoms with van der Waals surface area (Å²) in [5, 5.41) is 4.02. The Morgan fingerprint density at radius 3 is 3.00 bits per heavy atom. The van der Waals surface area contributed by atoms with Crippen LogP contribution in [-0.4, -0.2) is 34.1 Å². The van der Waals surface area contributed by atoms with E-state index in [0.717, 1.165) is 30.7 Å². The highest BCUT2D eigenvalue weighted by Gasteiger charge is 2.38. The number of benzene rings is 1. The topological polar surface area (TPSA) is 68.5 Å². The number of fused-ring (bicyclic) bond motifs is 1. The number of para-hydroxylation sites is 1. The van der Waals surface area contributed by atoms with E-state index in [9.17, 15) is 4.79 Å². The summed E-state index contributed by atoms with van der Waals surface area (Å²) in [5.74, 6) is 1.98. The second kappa shape index (κ2) is 5.68. The summed E-state index contributed by atoms with van der Waals surface area (Å²) in [5.41, 5.74) is 0.985. The normalized spacial score (nSPS) is 23.4. The lowest BCUT2D eigenvalue weighted by molar-refractivity contribution is -0.134. The van der Waals surface area contributed by atoms with E-state index in [4.69, 9.17) is 9.26 Å². The fraction of sp³-hybridized carbons (Fsp3) is 0.471. The molecule has 2 atom stereocenters. The Morgan fingerprint density at radius 2 is 2.17 bits per heavy atom. The van der Waals surface area contributed by atoms with E-state index in [-0.39, 0.29) is 17.9 Å². The van der Waals surface area contributed by atoms with Crippen LogP contribution >= 0.6 is 0 Å². The molecule has 3 heterocycles. The number of ether oxygens (including phenoxy) is 1. The van der Waals surface area contributed by atoms with Crippen LogP contribution in [0, 0.1) is 6.92 Å². The third-order valence-electron chi connectivity index (χ3n) is 4.63.